The summed E-state index contributed by atoms with van der Waals surface area (Å²) >= 11 is 0. The van der Waals surface area contributed by atoms with E-state index in [1.54, 1.807) is 11.1 Å². The Kier molecular flexibility index (Phi) is 4.85. The summed E-state index contributed by atoms with van der Waals surface area (Å²) in [5.74, 6) is -0.962. The van der Waals surface area contributed by atoms with Crippen LogP contribution in [0.25, 0.3) is 5.69 Å². The van der Waals surface area contributed by atoms with Crippen molar-refractivity contribution in [1.82, 2.24) is 20.0 Å². The van der Waals surface area contributed by atoms with Crippen LogP contribution in [-0.2, 0) is 16.1 Å². The first-order chi connectivity index (χ1) is 13.5. The summed E-state index contributed by atoms with van der Waals surface area (Å²) in [5.41, 5.74) is 1.56. The molecule has 2 amide bonds. The fourth-order valence-corrected chi connectivity index (χ4v) is 3.57. The van der Waals surface area contributed by atoms with Crippen LogP contribution in [0, 0.1) is 5.92 Å². The Labute approximate surface area is 162 Å². The normalized spacial score (nSPS) is 18.9. The Morgan fingerprint density at radius 3 is 2.71 bits per heavy atom. The molecule has 0 unspecified atom stereocenters. The Hall–Kier alpha value is -3.16. The summed E-state index contributed by atoms with van der Waals surface area (Å²) < 4.78 is 1.49. The van der Waals surface area contributed by atoms with E-state index in [0.717, 1.165) is 24.8 Å². The maximum absolute atomic E-state index is 12.6. The van der Waals surface area contributed by atoms with E-state index < -0.39 is 5.97 Å². The van der Waals surface area contributed by atoms with E-state index in [9.17, 15) is 14.4 Å². The van der Waals surface area contributed by atoms with E-state index in [1.165, 1.54) is 10.7 Å². The van der Waals surface area contributed by atoms with E-state index in [2.05, 4.69) is 10.4 Å². The second-order valence-corrected chi connectivity index (χ2v) is 7.30. The molecule has 2 aliphatic rings. The van der Waals surface area contributed by atoms with Crippen LogP contribution in [-0.4, -0.2) is 50.2 Å². The highest BCUT2D eigenvalue weighted by Gasteiger charge is 2.40. The molecule has 2 N–H and O–H groups in total. The number of carboxylic acid groups (broad SMARTS) is 1. The minimum absolute atomic E-state index is 0.0274. The zero-order chi connectivity index (χ0) is 19.7. The molecule has 0 spiro atoms. The number of hydrogen-bond acceptors (Lipinski definition) is 4. The average molecular weight is 382 g/mol. The number of carbonyl (C=O) groups is 3. The van der Waals surface area contributed by atoms with Gasteiger partial charge in [0, 0.05) is 25.2 Å². The molecule has 8 heteroatoms. The van der Waals surface area contributed by atoms with Crippen molar-refractivity contribution in [3.05, 3.63) is 47.8 Å². The van der Waals surface area contributed by atoms with Gasteiger partial charge in [-0.3, -0.25) is 9.59 Å². The number of rotatable bonds is 6. The van der Waals surface area contributed by atoms with E-state index in [-0.39, 0.29) is 29.5 Å². The van der Waals surface area contributed by atoms with E-state index in [0.29, 0.717) is 25.2 Å². The standard InChI is InChI=1S/C20H22N4O4/c25-18(17-5-2-9-23(17)19(26)14-6-7-14)21-12-13-3-1-4-15(11-13)24-10-8-16(22-24)20(27)28/h1,3-4,8,10-11,14,17H,2,5-7,9,12H2,(H,21,25)(H,27,28)/t17-/m0/s1. The van der Waals surface area contributed by atoms with Crippen molar-refractivity contribution in [1.29, 1.82) is 0 Å². The second kappa shape index (κ2) is 7.46. The number of amides is 2. The number of aromatic nitrogens is 2. The van der Waals surface area contributed by atoms with Gasteiger partial charge in [0.25, 0.3) is 0 Å². The van der Waals surface area contributed by atoms with Gasteiger partial charge in [-0.2, -0.15) is 5.10 Å². The molecule has 1 saturated heterocycles. The third-order valence-electron chi connectivity index (χ3n) is 5.22. The van der Waals surface area contributed by atoms with E-state index >= 15 is 0 Å². The Bertz CT molecular complexity index is 918. The van der Waals surface area contributed by atoms with Gasteiger partial charge in [0.05, 0.1) is 5.69 Å². The van der Waals surface area contributed by atoms with Crippen LogP contribution in [0.1, 0.15) is 41.7 Å². The van der Waals surface area contributed by atoms with Gasteiger partial charge in [-0.05, 0) is 49.4 Å². The maximum Gasteiger partial charge on any atom is 0.356 e. The number of carbonyl (C=O) groups excluding carboxylic acids is 2. The lowest BCUT2D eigenvalue weighted by Gasteiger charge is -2.24. The van der Waals surface area contributed by atoms with Gasteiger partial charge in [-0.1, -0.05) is 12.1 Å². The quantitative estimate of drug-likeness (QED) is 0.789. The highest BCUT2D eigenvalue weighted by atomic mass is 16.4. The molecule has 0 bridgehead atoms. The molecule has 8 nitrogen and oxygen atoms in total. The van der Waals surface area contributed by atoms with Gasteiger partial charge in [0.1, 0.15) is 6.04 Å². The van der Waals surface area contributed by atoms with E-state index in [4.69, 9.17) is 5.11 Å². The molecule has 146 valence electrons. The lowest BCUT2D eigenvalue weighted by atomic mass is 10.1. The summed E-state index contributed by atoms with van der Waals surface area (Å²) in [6, 6.07) is 8.44. The summed E-state index contributed by atoms with van der Waals surface area (Å²) in [6.45, 7) is 0.996. The first-order valence-corrected chi connectivity index (χ1v) is 9.49. The number of hydrogen-bond donors (Lipinski definition) is 2. The first-order valence-electron chi connectivity index (χ1n) is 9.49. The van der Waals surface area contributed by atoms with Crippen molar-refractivity contribution in [3.63, 3.8) is 0 Å². The second-order valence-electron chi connectivity index (χ2n) is 7.30. The van der Waals surface area contributed by atoms with Crippen molar-refractivity contribution in [2.24, 2.45) is 5.92 Å². The number of nitrogens with zero attached hydrogens (tertiary/aromatic N) is 3. The third kappa shape index (κ3) is 3.76. The SMILES string of the molecule is O=C(O)c1ccn(-c2cccc(CNC(=O)[C@@H]3CCCN3C(=O)C3CC3)c2)n1. The number of nitrogens with one attached hydrogen (secondary N) is 1. The largest absolute Gasteiger partial charge is 0.476 e. The lowest BCUT2D eigenvalue weighted by Crippen LogP contribution is -2.46. The van der Waals surface area contributed by atoms with E-state index in [1.807, 2.05) is 24.3 Å². The Balaban J connectivity index is 1.39. The third-order valence-corrected chi connectivity index (χ3v) is 5.22. The molecular formula is C20H22N4O4. The van der Waals surface area contributed by atoms with Gasteiger partial charge < -0.3 is 15.3 Å². The van der Waals surface area contributed by atoms with Gasteiger partial charge in [0.2, 0.25) is 11.8 Å². The number of carboxylic acids is 1. The topological polar surface area (TPSA) is 105 Å². The number of benzene rings is 1. The molecule has 2 aromatic rings. The molecule has 1 aliphatic heterocycles. The summed E-state index contributed by atoms with van der Waals surface area (Å²) in [7, 11) is 0. The summed E-state index contributed by atoms with van der Waals surface area (Å²) in [5, 5.41) is 15.9. The van der Waals surface area contributed by atoms with Crippen LogP contribution in [0.15, 0.2) is 36.5 Å². The molecule has 2 fully saturated rings. The smallest absolute Gasteiger partial charge is 0.356 e. The number of likely N-dealkylation sites (tertiary alicyclic amines) is 1. The van der Waals surface area contributed by atoms with Crippen molar-refractivity contribution >= 4 is 17.8 Å². The Morgan fingerprint density at radius 2 is 2.00 bits per heavy atom. The lowest BCUT2D eigenvalue weighted by molar-refractivity contribution is -0.139. The fraction of sp³-hybridized carbons (Fsp3) is 0.400. The van der Waals surface area contributed by atoms with Crippen LogP contribution in [0.3, 0.4) is 0 Å². The minimum atomic E-state index is -1.08. The van der Waals surface area contributed by atoms with Gasteiger partial charge in [0.15, 0.2) is 5.69 Å². The molecule has 0 radical (unpaired) electrons. The van der Waals surface area contributed by atoms with Crippen LogP contribution < -0.4 is 5.32 Å². The van der Waals surface area contributed by atoms with Gasteiger partial charge in [-0.15, -0.1) is 0 Å². The van der Waals surface area contributed by atoms with Crippen LogP contribution in [0.5, 0.6) is 0 Å². The van der Waals surface area contributed by atoms with Crippen molar-refractivity contribution in [3.8, 4) is 5.69 Å². The first kappa shape index (κ1) is 18.2. The zero-order valence-electron chi connectivity index (χ0n) is 15.4. The van der Waals surface area contributed by atoms with Crippen LogP contribution in [0.2, 0.25) is 0 Å². The summed E-state index contributed by atoms with van der Waals surface area (Å²) in [4.78, 5) is 37.7. The highest BCUT2D eigenvalue weighted by molar-refractivity contribution is 5.90. The molecule has 1 aromatic heterocycles. The average Bonchev–Trinajstić information content (AvgIpc) is 3.21. The molecule has 4 rings (SSSR count). The van der Waals surface area contributed by atoms with Crippen molar-refractivity contribution in [2.75, 3.05) is 6.54 Å². The Morgan fingerprint density at radius 1 is 1.18 bits per heavy atom. The maximum atomic E-state index is 12.6. The van der Waals surface area contributed by atoms with Crippen molar-refractivity contribution < 1.29 is 19.5 Å². The zero-order valence-corrected chi connectivity index (χ0v) is 15.4. The number of aromatic carboxylic acids is 1. The van der Waals surface area contributed by atoms with Crippen LogP contribution in [0.4, 0.5) is 0 Å². The molecule has 2 heterocycles. The molecular weight excluding hydrogens is 360 g/mol. The fourth-order valence-electron chi connectivity index (χ4n) is 3.57. The molecule has 1 atom stereocenters. The monoisotopic (exact) mass is 382 g/mol. The minimum Gasteiger partial charge on any atom is -0.476 e. The predicted octanol–water partition coefficient (Wildman–Crippen LogP) is 1.59. The van der Waals surface area contributed by atoms with Gasteiger partial charge >= 0.3 is 5.97 Å². The molecule has 1 aromatic carbocycles. The summed E-state index contributed by atoms with van der Waals surface area (Å²) in [6.07, 6.45) is 5.02. The predicted molar refractivity (Wildman–Crippen MR) is 99.8 cm³/mol. The highest BCUT2D eigenvalue weighted by Crippen LogP contribution is 2.33. The molecule has 1 saturated carbocycles. The van der Waals surface area contributed by atoms with Crippen molar-refractivity contribution in [2.45, 2.75) is 38.3 Å². The van der Waals surface area contributed by atoms with Gasteiger partial charge in [-0.25, -0.2) is 9.48 Å². The van der Waals surface area contributed by atoms with Crippen LogP contribution >= 0.6 is 0 Å². The molecule has 28 heavy (non-hydrogen) atoms. The molecule has 1 aliphatic carbocycles.